The highest BCUT2D eigenvalue weighted by molar-refractivity contribution is 6.74. The molecule has 6 rings (SSSR count). The van der Waals surface area contributed by atoms with Gasteiger partial charge < -0.3 is 34.2 Å². The summed E-state index contributed by atoms with van der Waals surface area (Å²) in [5, 5.41) is -0.480. The van der Waals surface area contributed by atoms with Gasteiger partial charge in [0, 0.05) is 32.3 Å². The van der Waals surface area contributed by atoms with E-state index in [2.05, 4.69) is 53.8 Å². The second kappa shape index (κ2) is 18.3. The Hall–Kier alpha value is -5.26. The molecule has 1 unspecified atom stereocenters. The summed E-state index contributed by atoms with van der Waals surface area (Å²) in [5.74, 6) is 0.359. The number of carbonyl (C=O) groups excluding carboxylic acids is 1. The average molecular weight is 927 g/mol. The van der Waals surface area contributed by atoms with Crippen LogP contribution in [-0.4, -0.2) is 73.4 Å². The fourth-order valence-corrected chi connectivity index (χ4v) is 9.57. The summed E-state index contributed by atoms with van der Waals surface area (Å²) in [4.78, 5) is 33.8. The second-order valence-electron chi connectivity index (χ2n) is 18.7. The summed E-state index contributed by atoms with van der Waals surface area (Å²) in [7, 11) is 0.693. The molecule has 1 fully saturated rings. The van der Waals surface area contributed by atoms with E-state index >= 15 is 17.6 Å². The van der Waals surface area contributed by atoms with Gasteiger partial charge in [0.05, 0.1) is 37.3 Å². The van der Waals surface area contributed by atoms with Crippen LogP contribution in [0.4, 0.5) is 34.0 Å². The number of nitrogens with zero attached hydrogens (tertiary/aromatic N) is 6. The molecule has 1 aliphatic heterocycles. The van der Waals surface area contributed by atoms with E-state index in [1.54, 1.807) is 43.4 Å². The minimum absolute atomic E-state index is 0.0628. The van der Waals surface area contributed by atoms with Gasteiger partial charge in [0.15, 0.2) is 14.1 Å². The van der Waals surface area contributed by atoms with E-state index in [0.29, 0.717) is 17.9 Å². The molecule has 1 aliphatic rings. The zero-order chi connectivity index (χ0) is 47.1. The quantitative estimate of drug-likeness (QED) is 0.0727. The van der Waals surface area contributed by atoms with E-state index in [1.165, 1.54) is 19.2 Å². The maximum Gasteiger partial charge on any atom is 0.418 e. The lowest BCUT2D eigenvalue weighted by Crippen LogP contribution is -2.62. The molecule has 3 atom stereocenters. The SMILES string of the molecule is COc1ccc(CN(Cc2ccc(OC)cc2)c2cc(C)c(C(F)(F)F)c(-c3ncc4c(N5C[C@@H](O[Si](C)(C)C(C)(C)C)C[C@H](OC(N)=O)C5C(C)(C)C)nc(Cl)nc4c3F)n2)cc1. The zero-order valence-corrected chi connectivity index (χ0v) is 39.8. The first-order valence-electron chi connectivity index (χ1n) is 20.8. The number of benzene rings is 2. The molecular weight excluding hydrogens is 870 g/mol. The second-order valence-corrected chi connectivity index (χ2v) is 23.8. The van der Waals surface area contributed by atoms with Crippen molar-refractivity contribution in [1.29, 1.82) is 0 Å². The highest BCUT2D eigenvalue weighted by Crippen LogP contribution is 2.45. The number of pyridine rings is 2. The first kappa shape index (κ1) is 48.2. The molecule has 2 aromatic carbocycles. The summed E-state index contributed by atoms with van der Waals surface area (Å²) >= 11 is 6.60. The Balaban J connectivity index is 1.53. The van der Waals surface area contributed by atoms with Crippen molar-refractivity contribution in [1.82, 2.24) is 19.9 Å². The Kier molecular flexibility index (Phi) is 13.8. The van der Waals surface area contributed by atoms with Crippen LogP contribution in [0.25, 0.3) is 22.3 Å². The van der Waals surface area contributed by atoms with Gasteiger partial charge in [-0.05, 0) is 89.1 Å². The van der Waals surface area contributed by atoms with Crippen LogP contribution < -0.4 is 25.0 Å². The third-order valence-electron chi connectivity index (χ3n) is 12.0. The normalized spacial score (nSPS) is 17.4. The number of methoxy groups -OCH3 is 2. The molecule has 0 bridgehead atoms. The first-order valence-corrected chi connectivity index (χ1v) is 24.1. The Morgan fingerprint density at radius 3 is 1.95 bits per heavy atom. The minimum atomic E-state index is -4.96. The van der Waals surface area contributed by atoms with Crippen molar-refractivity contribution in [2.45, 2.75) is 111 Å². The number of hydrogen-bond donors (Lipinski definition) is 1. The number of primary amides is 1. The van der Waals surface area contributed by atoms with Crippen LogP contribution in [0.15, 0.2) is 60.8 Å². The number of nitrogens with two attached hydrogens (primary N) is 1. The van der Waals surface area contributed by atoms with Crippen LogP contribution >= 0.6 is 11.6 Å². The lowest BCUT2D eigenvalue weighted by molar-refractivity contribution is -0.137. The number of halogens is 5. The Bertz CT molecular complexity index is 2430. The molecule has 3 aromatic heterocycles. The van der Waals surface area contributed by atoms with E-state index < -0.39 is 67.0 Å². The maximum atomic E-state index is 17.4. The van der Waals surface area contributed by atoms with Crippen LogP contribution in [0.5, 0.6) is 11.5 Å². The Morgan fingerprint density at radius 1 is 0.906 bits per heavy atom. The number of hydrogen-bond acceptors (Lipinski definition) is 11. The number of piperidine rings is 1. The molecule has 64 heavy (non-hydrogen) atoms. The van der Waals surface area contributed by atoms with Gasteiger partial charge in [0.25, 0.3) is 0 Å². The maximum absolute atomic E-state index is 17.4. The van der Waals surface area contributed by atoms with Crippen LogP contribution in [0.2, 0.25) is 23.4 Å². The molecule has 2 N–H and O–H groups in total. The Morgan fingerprint density at radius 2 is 1.47 bits per heavy atom. The lowest BCUT2D eigenvalue weighted by Gasteiger charge is -2.51. The third-order valence-corrected chi connectivity index (χ3v) is 16.7. The van der Waals surface area contributed by atoms with Gasteiger partial charge >= 0.3 is 12.3 Å². The molecule has 5 aromatic rings. The fraction of sp³-hybridized carbons (Fsp3) is 0.457. The number of anilines is 2. The molecule has 12 nitrogen and oxygen atoms in total. The van der Waals surface area contributed by atoms with Gasteiger partial charge in [-0.25, -0.2) is 19.2 Å². The van der Waals surface area contributed by atoms with Crippen molar-refractivity contribution >= 4 is 48.6 Å². The summed E-state index contributed by atoms with van der Waals surface area (Å²) in [6.07, 6.45) is -5.68. The van der Waals surface area contributed by atoms with Gasteiger partial charge in [-0.3, -0.25) is 4.98 Å². The standard InChI is InChI=1S/C46H56ClF4N7O5Si/c1-26-20-34(57(23-27-12-16-29(60-8)17-13-27)24-28-14-18-30(61-9)19-15-28)54-38(35(26)46(49,50)51)39-36(48)37-32(22-53-39)41(56-42(47)55-37)58-25-31(63-64(10,11)45(5,6)7)21-33(62-43(52)59)40(58)44(2,3)4/h12-20,22,31,33,40H,21,23-25H2,1-11H3,(H2,52,59)/t31-,33-,40?/m0/s1. The van der Waals surface area contributed by atoms with Crippen molar-refractivity contribution in [2.75, 3.05) is 30.6 Å². The Labute approximate surface area is 377 Å². The average Bonchev–Trinajstić information content (AvgIpc) is 3.19. The highest BCUT2D eigenvalue weighted by atomic mass is 35.5. The van der Waals surface area contributed by atoms with E-state index in [9.17, 15) is 4.79 Å². The van der Waals surface area contributed by atoms with Crippen molar-refractivity contribution in [2.24, 2.45) is 11.1 Å². The number of alkyl halides is 3. The largest absolute Gasteiger partial charge is 0.497 e. The summed E-state index contributed by atoms with van der Waals surface area (Å²) in [6.45, 7) is 18.3. The molecule has 0 saturated carbocycles. The molecular formula is C46H56ClF4N7O5Si. The first-order chi connectivity index (χ1) is 29.8. The van der Waals surface area contributed by atoms with Gasteiger partial charge in [0.1, 0.15) is 46.1 Å². The fourth-order valence-electron chi connectivity index (χ4n) is 8.05. The van der Waals surface area contributed by atoms with E-state index in [1.807, 2.05) is 49.9 Å². The summed E-state index contributed by atoms with van der Waals surface area (Å²) in [6, 6.07) is 15.3. The summed E-state index contributed by atoms with van der Waals surface area (Å²) in [5.41, 5.74) is 3.52. The zero-order valence-electron chi connectivity index (χ0n) is 38.0. The third kappa shape index (κ3) is 10.5. The van der Waals surface area contributed by atoms with Gasteiger partial charge in [-0.15, -0.1) is 0 Å². The lowest BCUT2D eigenvalue weighted by atomic mass is 9.78. The molecule has 1 saturated heterocycles. The van der Waals surface area contributed by atoms with E-state index in [4.69, 9.17) is 36.0 Å². The van der Waals surface area contributed by atoms with Crippen LogP contribution in [0, 0.1) is 18.2 Å². The van der Waals surface area contributed by atoms with Crippen LogP contribution in [0.3, 0.4) is 0 Å². The number of rotatable bonds is 12. The highest BCUT2D eigenvalue weighted by Gasteiger charge is 2.49. The van der Waals surface area contributed by atoms with Crippen molar-refractivity contribution in [3.05, 3.63) is 94.1 Å². The molecule has 0 radical (unpaired) electrons. The van der Waals surface area contributed by atoms with Crippen molar-refractivity contribution in [3.8, 4) is 22.9 Å². The number of amides is 1. The number of carbonyl (C=O) groups is 1. The van der Waals surface area contributed by atoms with E-state index in [0.717, 1.165) is 11.1 Å². The molecule has 4 heterocycles. The predicted molar refractivity (Wildman–Crippen MR) is 243 cm³/mol. The molecule has 1 amide bonds. The number of fused-ring (bicyclic) bond motifs is 1. The molecule has 18 heteroatoms. The number of aryl methyl sites for hydroxylation is 1. The molecule has 0 aliphatic carbocycles. The smallest absolute Gasteiger partial charge is 0.418 e. The number of ether oxygens (including phenoxy) is 3. The predicted octanol–water partition coefficient (Wildman–Crippen LogP) is 10.9. The van der Waals surface area contributed by atoms with Crippen LogP contribution in [0.1, 0.15) is 70.2 Å². The molecule has 0 spiro atoms. The van der Waals surface area contributed by atoms with Crippen molar-refractivity contribution in [3.63, 3.8) is 0 Å². The van der Waals surface area contributed by atoms with E-state index in [-0.39, 0.29) is 58.1 Å². The summed E-state index contributed by atoms with van der Waals surface area (Å²) < 4.78 is 86.1. The minimum Gasteiger partial charge on any atom is -0.497 e. The van der Waals surface area contributed by atoms with Gasteiger partial charge in [0.2, 0.25) is 5.28 Å². The van der Waals surface area contributed by atoms with Gasteiger partial charge in [-0.1, -0.05) is 65.8 Å². The van der Waals surface area contributed by atoms with Crippen LogP contribution in [-0.2, 0) is 28.4 Å². The monoisotopic (exact) mass is 925 g/mol. The molecule has 344 valence electrons. The number of aromatic nitrogens is 4. The van der Waals surface area contributed by atoms with Crippen molar-refractivity contribution < 1.29 is 41.0 Å². The van der Waals surface area contributed by atoms with Gasteiger partial charge in [-0.2, -0.15) is 18.2 Å². The topological polar surface area (TPSA) is 138 Å².